The zero-order valence-electron chi connectivity index (χ0n) is 18.9. The van der Waals surface area contributed by atoms with Crippen molar-refractivity contribution in [2.45, 2.75) is 26.2 Å². The minimum Gasteiger partial charge on any atom is -0.332 e. The summed E-state index contributed by atoms with van der Waals surface area (Å²) in [6.07, 6.45) is 0. The molecule has 3 aromatic carbocycles. The molecule has 3 N–H and O–H groups in total. The highest BCUT2D eigenvalue weighted by molar-refractivity contribution is 7.80. The van der Waals surface area contributed by atoms with Gasteiger partial charge in [0, 0.05) is 22.5 Å². The standard InChI is InChI=1S/C25H23N5O2S2/c1-25(2,3)17-7-4-15(5-8-17)22(31)26-18-9-11-19(12-10-18)27-24(33)28-23(32)16-6-13-20-21(14-16)30-34-29-20/h4-14H,1-3H3,(H,26,31)(H2,27,28,32,33). The SMILES string of the molecule is CC(C)(C)c1ccc(C(=O)Nc2ccc(NC(=S)NC(=O)c3ccc4nsnc4c3)cc2)cc1. The third-order valence-electron chi connectivity index (χ3n) is 5.16. The van der Waals surface area contributed by atoms with Crippen LogP contribution in [0.4, 0.5) is 11.4 Å². The summed E-state index contributed by atoms with van der Waals surface area (Å²) in [5, 5.41) is 8.67. The van der Waals surface area contributed by atoms with Gasteiger partial charge in [-0.25, -0.2) is 0 Å². The van der Waals surface area contributed by atoms with E-state index in [1.54, 1.807) is 42.5 Å². The topological polar surface area (TPSA) is 96.0 Å². The van der Waals surface area contributed by atoms with E-state index in [2.05, 4.69) is 45.5 Å². The molecule has 7 nitrogen and oxygen atoms in total. The average Bonchev–Trinajstić information content (AvgIpc) is 3.28. The van der Waals surface area contributed by atoms with Gasteiger partial charge in [-0.1, -0.05) is 32.9 Å². The van der Waals surface area contributed by atoms with E-state index in [4.69, 9.17) is 12.2 Å². The van der Waals surface area contributed by atoms with Crippen LogP contribution in [0, 0.1) is 0 Å². The highest BCUT2D eigenvalue weighted by atomic mass is 32.1. The van der Waals surface area contributed by atoms with E-state index in [-0.39, 0.29) is 22.3 Å². The number of aromatic nitrogens is 2. The van der Waals surface area contributed by atoms with Crippen LogP contribution in [0.5, 0.6) is 0 Å². The van der Waals surface area contributed by atoms with Crippen LogP contribution in [0.25, 0.3) is 11.0 Å². The average molecular weight is 490 g/mol. The van der Waals surface area contributed by atoms with E-state index in [9.17, 15) is 9.59 Å². The number of rotatable bonds is 4. The van der Waals surface area contributed by atoms with Crippen molar-refractivity contribution in [3.8, 4) is 0 Å². The quantitative estimate of drug-likeness (QED) is 0.334. The molecular formula is C25H23N5O2S2. The molecule has 0 fully saturated rings. The summed E-state index contributed by atoms with van der Waals surface area (Å²) < 4.78 is 8.27. The third kappa shape index (κ3) is 5.62. The van der Waals surface area contributed by atoms with Crippen molar-refractivity contribution in [2.24, 2.45) is 0 Å². The minimum absolute atomic E-state index is 0.0319. The fourth-order valence-corrected chi connectivity index (χ4v) is 3.95. The first-order chi connectivity index (χ1) is 16.2. The first-order valence-electron chi connectivity index (χ1n) is 10.6. The van der Waals surface area contributed by atoms with Gasteiger partial charge in [0.25, 0.3) is 11.8 Å². The zero-order chi connectivity index (χ0) is 24.3. The highest BCUT2D eigenvalue weighted by Crippen LogP contribution is 2.23. The molecule has 0 spiro atoms. The van der Waals surface area contributed by atoms with Gasteiger partial charge in [-0.2, -0.15) is 8.75 Å². The molecule has 9 heteroatoms. The molecule has 1 aromatic heterocycles. The summed E-state index contributed by atoms with van der Waals surface area (Å²) in [6.45, 7) is 6.40. The largest absolute Gasteiger partial charge is 0.332 e. The Morgan fingerprint density at radius 1 is 0.765 bits per heavy atom. The molecule has 2 amide bonds. The number of hydrogen-bond acceptors (Lipinski definition) is 6. The van der Waals surface area contributed by atoms with Gasteiger partial charge in [-0.05, 0) is 77.8 Å². The first-order valence-corrected chi connectivity index (χ1v) is 11.7. The van der Waals surface area contributed by atoms with Gasteiger partial charge in [0.15, 0.2) is 5.11 Å². The smallest absolute Gasteiger partial charge is 0.257 e. The summed E-state index contributed by atoms with van der Waals surface area (Å²) in [4.78, 5) is 25.0. The molecule has 4 aromatic rings. The number of thiocarbonyl (C=S) groups is 1. The van der Waals surface area contributed by atoms with Crippen LogP contribution in [0.15, 0.2) is 66.7 Å². The number of carbonyl (C=O) groups excluding carboxylic acids is 2. The Morgan fingerprint density at radius 3 is 2.00 bits per heavy atom. The van der Waals surface area contributed by atoms with Gasteiger partial charge >= 0.3 is 0 Å². The Morgan fingerprint density at radius 2 is 1.35 bits per heavy atom. The molecule has 34 heavy (non-hydrogen) atoms. The molecule has 0 aliphatic carbocycles. The second-order valence-electron chi connectivity index (χ2n) is 8.73. The number of benzene rings is 3. The first kappa shape index (κ1) is 23.5. The lowest BCUT2D eigenvalue weighted by Gasteiger charge is -2.19. The molecule has 0 radical (unpaired) electrons. The number of hydrogen-bond donors (Lipinski definition) is 3. The number of amides is 2. The van der Waals surface area contributed by atoms with Crippen LogP contribution in [-0.4, -0.2) is 25.7 Å². The van der Waals surface area contributed by atoms with E-state index in [1.165, 1.54) is 5.56 Å². The van der Waals surface area contributed by atoms with Crippen LogP contribution < -0.4 is 16.0 Å². The molecule has 0 atom stereocenters. The maximum Gasteiger partial charge on any atom is 0.257 e. The predicted octanol–water partition coefficient (Wildman–Crippen LogP) is 5.37. The van der Waals surface area contributed by atoms with E-state index >= 15 is 0 Å². The van der Waals surface area contributed by atoms with Gasteiger partial charge in [0.05, 0.1) is 11.7 Å². The van der Waals surface area contributed by atoms with Crippen molar-refractivity contribution in [1.29, 1.82) is 0 Å². The van der Waals surface area contributed by atoms with E-state index in [1.807, 2.05) is 24.3 Å². The van der Waals surface area contributed by atoms with Crippen molar-refractivity contribution >= 4 is 63.3 Å². The summed E-state index contributed by atoms with van der Waals surface area (Å²) in [6, 6.07) is 19.8. The van der Waals surface area contributed by atoms with E-state index in [0.717, 1.165) is 17.2 Å². The number of carbonyl (C=O) groups is 2. The molecule has 0 saturated carbocycles. The maximum absolute atomic E-state index is 12.6. The Bertz CT molecular complexity index is 1360. The van der Waals surface area contributed by atoms with Crippen molar-refractivity contribution < 1.29 is 9.59 Å². The summed E-state index contributed by atoms with van der Waals surface area (Å²) in [7, 11) is 0. The Labute approximate surface area is 206 Å². The second kappa shape index (κ2) is 9.66. The second-order valence-corrected chi connectivity index (χ2v) is 9.67. The number of nitrogens with zero attached hydrogens (tertiary/aromatic N) is 2. The normalized spacial score (nSPS) is 11.1. The van der Waals surface area contributed by atoms with Crippen LogP contribution in [0.2, 0.25) is 0 Å². The molecule has 0 unspecified atom stereocenters. The Kier molecular flexibility index (Phi) is 6.67. The van der Waals surface area contributed by atoms with Crippen LogP contribution in [-0.2, 0) is 5.41 Å². The molecule has 0 bridgehead atoms. The van der Waals surface area contributed by atoms with Gasteiger partial charge in [0.1, 0.15) is 11.0 Å². The van der Waals surface area contributed by atoms with Gasteiger partial charge in [-0.15, -0.1) is 0 Å². The molecule has 0 aliphatic rings. The number of anilines is 2. The molecule has 0 saturated heterocycles. The van der Waals surface area contributed by atoms with Gasteiger partial charge in [0.2, 0.25) is 0 Å². The van der Waals surface area contributed by atoms with E-state index < -0.39 is 0 Å². The van der Waals surface area contributed by atoms with E-state index in [0.29, 0.717) is 28.0 Å². The number of fused-ring (bicyclic) bond motifs is 1. The Hall–Kier alpha value is -3.69. The third-order valence-corrected chi connectivity index (χ3v) is 5.92. The minimum atomic E-state index is -0.339. The lowest BCUT2D eigenvalue weighted by Crippen LogP contribution is -2.34. The number of nitrogens with one attached hydrogen (secondary N) is 3. The van der Waals surface area contributed by atoms with Crippen LogP contribution in [0.1, 0.15) is 47.1 Å². The molecule has 172 valence electrons. The zero-order valence-corrected chi connectivity index (χ0v) is 20.5. The van der Waals surface area contributed by atoms with Crippen molar-refractivity contribution in [1.82, 2.24) is 14.1 Å². The molecule has 0 aliphatic heterocycles. The lowest BCUT2D eigenvalue weighted by atomic mass is 9.87. The summed E-state index contributed by atoms with van der Waals surface area (Å²) in [5.41, 5.74) is 4.97. The monoisotopic (exact) mass is 489 g/mol. The van der Waals surface area contributed by atoms with Gasteiger partial charge in [-0.3, -0.25) is 14.9 Å². The summed E-state index contributed by atoms with van der Waals surface area (Å²) >= 11 is 6.35. The lowest BCUT2D eigenvalue weighted by molar-refractivity contribution is 0.0976. The maximum atomic E-state index is 12.6. The molecule has 1 heterocycles. The van der Waals surface area contributed by atoms with Crippen LogP contribution >= 0.6 is 23.9 Å². The summed E-state index contributed by atoms with van der Waals surface area (Å²) in [5.74, 6) is -0.523. The van der Waals surface area contributed by atoms with Crippen molar-refractivity contribution in [3.63, 3.8) is 0 Å². The predicted molar refractivity (Wildman–Crippen MR) is 141 cm³/mol. The van der Waals surface area contributed by atoms with Crippen molar-refractivity contribution in [2.75, 3.05) is 10.6 Å². The Balaban J connectivity index is 1.32. The van der Waals surface area contributed by atoms with Crippen LogP contribution in [0.3, 0.4) is 0 Å². The van der Waals surface area contributed by atoms with Gasteiger partial charge < -0.3 is 10.6 Å². The fourth-order valence-electron chi connectivity index (χ4n) is 3.22. The highest BCUT2D eigenvalue weighted by Gasteiger charge is 2.14. The molecule has 4 rings (SSSR count). The molecular weight excluding hydrogens is 466 g/mol. The van der Waals surface area contributed by atoms with Crippen molar-refractivity contribution in [3.05, 3.63) is 83.4 Å². The fraction of sp³-hybridized carbons (Fsp3) is 0.160.